The Morgan fingerprint density at radius 1 is 1.35 bits per heavy atom. The van der Waals surface area contributed by atoms with Gasteiger partial charge in [0.25, 0.3) is 0 Å². The second-order valence-electron chi connectivity index (χ2n) is 6.63. The molecule has 1 atom stereocenters. The van der Waals surface area contributed by atoms with Crippen molar-refractivity contribution in [3.8, 4) is 5.75 Å². The lowest BCUT2D eigenvalue weighted by molar-refractivity contribution is -0.135. The molecular formula is C20H23N3O3. The predicted octanol–water partition coefficient (Wildman–Crippen LogP) is 2.36. The second kappa shape index (κ2) is 7.56. The van der Waals surface area contributed by atoms with Crippen LogP contribution in [0, 0.1) is 5.92 Å². The Labute approximate surface area is 153 Å². The van der Waals surface area contributed by atoms with E-state index in [2.05, 4.69) is 11.9 Å². The average Bonchev–Trinajstić information content (AvgIpc) is 3.03. The molecule has 26 heavy (non-hydrogen) atoms. The highest BCUT2D eigenvalue weighted by Gasteiger charge is 2.36. The van der Waals surface area contributed by atoms with Crippen molar-refractivity contribution < 1.29 is 14.7 Å². The van der Waals surface area contributed by atoms with Crippen molar-refractivity contribution in [3.63, 3.8) is 0 Å². The first-order valence-electron chi connectivity index (χ1n) is 8.76. The number of hydrogen-bond donors (Lipinski definition) is 1. The molecule has 1 aromatic heterocycles. The fourth-order valence-electron chi connectivity index (χ4n) is 3.17. The van der Waals surface area contributed by atoms with Gasteiger partial charge in [0.15, 0.2) is 0 Å². The first-order chi connectivity index (χ1) is 12.5. The monoisotopic (exact) mass is 353 g/mol. The Morgan fingerprint density at radius 3 is 2.81 bits per heavy atom. The molecule has 2 heterocycles. The summed E-state index contributed by atoms with van der Waals surface area (Å²) in [6.07, 6.45) is 2.94. The molecule has 3 rings (SSSR count). The van der Waals surface area contributed by atoms with E-state index in [0.29, 0.717) is 18.8 Å². The number of carbonyl (C=O) groups is 2. The molecule has 1 saturated heterocycles. The lowest BCUT2D eigenvalue weighted by Crippen LogP contribution is -2.34. The number of amides is 2. The van der Waals surface area contributed by atoms with Crippen molar-refractivity contribution in [3.05, 3.63) is 53.9 Å². The summed E-state index contributed by atoms with van der Waals surface area (Å²) in [6, 6.07) is 10.5. The topological polar surface area (TPSA) is 73.7 Å². The largest absolute Gasteiger partial charge is 0.508 e. The van der Waals surface area contributed by atoms with Gasteiger partial charge in [0.2, 0.25) is 11.8 Å². The Bertz CT molecular complexity index is 804. The van der Waals surface area contributed by atoms with Crippen LogP contribution in [0.5, 0.6) is 5.75 Å². The molecule has 1 aromatic carbocycles. The van der Waals surface area contributed by atoms with Gasteiger partial charge in [-0.2, -0.15) is 0 Å². The molecule has 0 radical (unpaired) electrons. The maximum atomic E-state index is 12.7. The minimum atomic E-state index is -0.384. The van der Waals surface area contributed by atoms with Crippen molar-refractivity contribution in [2.45, 2.75) is 26.3 Å². The Morgan fingerprint density at radius 2 is 2.15 bits per heavy atom. The summed E-state index contributed by atoms with van der Waals surface area (Å²) < 4.78 is 0. The SMILES string of the molecule is CCc1ccc(CN(C)C(=O)[C@H]2CC(=O)N(c3cccc(O)c3)C2)nc1. The van der Waals surface area contributed by atoms with Crippen LogP contribution in [0.2, 0.25) is 0 Å². The van der Waals surface area contributed by atoms with E-state index < -0.39 is 0 Å². The van der Waals surface area contributed by atoms with Crippen LogP contribution in [0.1, 0.15) is 24.6 Å². The summed E-state index contributed by atoms with van der Waals surface area (Å²) in [6.45, 7) is 2.81. The van der Waals surface area contributed by atoms with E-state index >= 15 is 0 Å². The number of aryl methyl sites for hydroxylation is 1. The van der Waals surface area contributed by atoms with Crippen LogP contribution in [0.4, 0.5) is 5.69 Å². The van der Waals surface area contributed by atoms with E-state index in [1.54, 1.807) is 35.0 Å². The molecule has 2 aromatic rings. The number of nitrogens with zero attached hydrogens (tertiary/aromatic N) is 3. The Hall–Kier alpha value is -2.89. The average molecular weight is 353 g/mol. The summed E-state index contributed by atoms with van der Waals surface area (Å²) >= 11 is 0. The van der Waals surface area contributed by atoms with E-state index in [-0.39, 0.29) is 29.9 Å². The van der Waals surface area contributed by atoms with Crippen molar-refractivity contribution in [1.82, 2.24) is 9.88 Å². The number of carbonyl (C=O) groups excluding carboxylic acids is 2. The first kappa shape index (κ1) is 17.9. The van der Waals surface area contributed by atoms with Gasteiger partial charge in [0, 0.05) is 38.0 Å². The van der Waals surface area contributed by atoms with Crippen molar-refractivity contribution in [1.29, 1.82) is 0 Å². The maximum absolute atomic E-state index is 12.7. The van der Waals surface area contributed by atoms with Gasteiger partial charge in [0.05, 0.1) is 18.2 Å². The van der Waals surface area contributed by atoms with Crippen LogP contribution in [0.15, 0.2) is 42.6 Å². The maximum Gasteiger partial charge on any atom is 0.228 e. The molecule has 1 aliphatic heterocycles. The second-order valence-corrected chi connectivity index (χ2v) is 6.63. The number of phenolic OH excluding ortho intramolecular Hbond substituents is 1. The molecule has 0 aliphatic carbocycles. The quantitative estimate of drug-likeness (QED) is 0.895. The van der Waals surface area contributed by atoms with Crippen LogP contribution >= 0.6 is 0 Å². The number of anilines is 1. The summed E-state index contributed by atoms with van der Waals surface area (Å²) in [5.74, 6) is -0.455. The number of aromatic hydroxyl groups is 1. The summed E-state index contributed by atoms with van der Waals surface area (Å²) in [5, 5.41) is 9.60. The normalized spacial score (nSPS) is 16.8. The number of benzene rings is 1. The Kier molecular flexibility index (Phi) is 5.21. The molecular weight excluding hydrogens is 330 g/mol. The van der Waals surface area contributed by atoms with E-state index in [0.717, 1.165) is 17.7 Å². The predicted molar refractivity (Wildman–Crippen MR) is 98.7 cm³/mol. The van der Waals surface area contributed by atoms with Gasteiger partial charge in [-0.25, -0.2) is 0 Å². The lowest BCUT2D eigenvalue weighted by atomic mass is 10.1. The highest BCUT2D eigenvalue weighted by atomic mass is 16.3. The molecule has 0 saturated carbocycles. The summed E-state index contributed by atoms with van der Waals surface area (Å²) in [7, 11) is 1.74. The van der Waals surface area contributed by atoms with Crippen LogP contribution in [-0.4, -0.2) is 40.4 Å². The third-order valence-corrected chi connectivity index (χ3v) is 4.69. The smallest absolute Gasteiger partial charge is 0.228 e. The minimum Gasteiger partial charge on any atom is -0.508 e. The van der Waals surface area contributed by atoms with Crippen molar-refractivity contribution in [2.75, 3.05) is 18.5 Å². The number of aromatic nitrogens is 1. The van der Waals surface area contributed by atoms with Crippen LogP contribution in [-0.2, 0) is 22.6 Å². The van der Waals surface area contributed by atoms with Crippen molar-refractivity contribution in [2.24, 2.45) is 5.92 Å². The van der Waals surface area contributed by atoms with E-state index in [1.165, 1.54) is 6.07 Å². The van der Waals surface area contributed by atoms with E-state index in [4.69, 9.17) is 0 Å². The van der Waals surface area contributed by atoms with Crippen LogP contribution < -0.4 is 4.90 Å². The zero-order valence-corrected chi connectivity index (χ0v) is 15.1. The van der Waals surface area contributed by atoms with Crippen molar-refractivity contribution >= 4 is 17.5 Å². The molecule has 136 valence electrons. The molecule has 6 nitrogen and oxygen atoms in total. The zero-order chi connectivity index (χ0) is 18.7. The molecule has 1 N–H and O–H groups in total. The molecule has 0 bridgehead atoms. The lowest BCUT2D eigenvalue weighted by Gasteiger charge is -2.21. The number of phenols is 1. The van der Waals surface area contributed by atoms with E-state index in [1.807, 2.05) is 18.3 Å². The number of pyridine rings is 1. The molecule has 2 amide bonds. The molecule has 0 spiro atoms. The third-order valence-electron chi connectivity index (χ3n) is 4.69. The van der Waals surface area contributed by atoms with Crippen LogP contribution in [0.25, 0.3) is 0 Å². The Balaban J connectivity index is 1.65. The van der Waals surface area contributed by atoms with Gasteiger partial charge in [-0.15, -0.1) is 0 Å². The number of rotatable bonds is 5. The summed E-state index contributed by atoms with van der Waals surface area (Å²) in [5.41, 5.74) is 2.60. The highest BCUT2D eigenvalue weighted by Crippen LogP contribution is 2.28. The zero-order valence-electron chi connectivity index (χ0n) is 15.1. The molecule has 1 fully saturated rings. The number of hydrogen-bond acceptors (Lipinski definition) is 4. The fraction of sp³-hybridized carbons (Fsp3) is 0.350. The van der Waals surface area contributed by atoms with Gasteiger partial charge in [-0.1, -0.05) is 19.1 Å². The standard InChI is InChI=1S/C20H23N3O3/c1-3-14-7-8-16(21-11-14)13-22(2)20(26)15-9-19(25)23(12-15)17-5-4-6-18(24)10-17/h4-8,10-11,15,24H,3,9,12-13H2,1-2H3/t15-/m0/s1. The fourth-order valence-corrected chi connectivity index (χ4v) is 3.17. The summed E-state index contributed by atoms with van der Waals surface area (Å²) in [4.78, 5) is 32.6. The van der Waals surface area contributed by atoms with Gasteiger partial charge in [-0.05, 0) is 30.2 Å². The third kappa shape index (κ3) is 3.85. The minimum absolute atomic E-state index is 0.0672. The van der Waals surface area contributed by atoms with E-state index in [9.17, 15) is 14.7 Å². The molecule has 1 aliphatic rings. The highest BCUT2D eigenvalue weighted by molar-refractivity contribution is 6.00. The van der Waals surface area contributed by atoms with Gasteiger partial charge < -0.3 is 14.9 Å². The molecule has 6 heteroatoms. The molecule has 0 unspecified atom stereocenters. The van der Waals surface area contributed by atoms with Crippen LogP contribution in [0.3, 0.4) is 0 Å². The first-order valence-corrected chi connectivity index (χ1v) is 8.76. The van der Waals surface area contributed by atoms with Gasteiger partial charge >= 0.3 is 0 Å². The van der Waals surface area contributed by atoms with Gasteiger partial charge in [-0.3, -0.25) is 14.6 Å². The van der Waals surface area contributed by atoms with Gasteiger partial charge in [0.1, 0.15) is 5.75 Å².